The lowest BCUT2D eigenvalue weighted by Gasteiger charge is -2.14. The number of furan rings is 2. The van der Waals surface area contributed by atoms with E-state index in [1.165, 1.54) is 0 Å². The molecule has 0 spiro atoms. The first-order chi connectivity index (χ1) is 19.4. The first kappa shape index (κ1) is 18.2. The molecule has 182 valence electrons. The SMILES string of the molecule is [2H]C1([2H])c2ccc(-c3cc(-c4ccco4)cc4c3oc3c(-c5cccc[n+]5C)c(C)ccc34)cc2C([2H])([2H])C1(C)C. The van der Waals surface area contributed by atoms with Crippen LogP contribution in [0.5, 0.6) is 0 Å². The first-order valence-corrected chi connectivity index (χ1v) is 12.6. The maximum Gasteiger partial charge on any atom is 0.216 e. The van der Waals surface area contributed by atoms with Crippen LogP contribution >= 0.6 is 0 Å². The van der Waals surface area contributed by atoms with Gasteiger partial charge in [0, 0.05) is 39.5 Å². The molecule has 0 unspecified atom stereocenters. The van der Waals surface area contributed by atoms with Crippen LogP contribution in [-0.2, 0) is 19.8 Å². The molecule has 0 fully saturated rings. The zero-order chi connectivity index (χ0) is 28.9. The van der Waals surface area contributed by atoms with Gasteiger partial charge in [0.05, 0.1) is 11.8 Å². The Morgan fingerprint density at radius 3 is 2.51 bits per heavy atom. The molecule has 37 heavy (non-hydrogen) atoms. The predicted octanol–water partition coefficient (Wildman–Crippen LogP) is 8.44. The van der Waals surface area contributed by atoms with E-state index in [-0.39, 0.29) is 0 Å². The predicted molar refractivity (Wildman–Crippen MR) is 149 cm³/mol. The van der Waals surface area contributed by atoms with Crippen molar-refractivity contribution in [1.29, 1.82) is 0 Å². The maximum absolute atomic E-state index is 8.95. The molecule has 7 rings (SSSR count). The molecule has 0 aliphatic heterocycles. The van der Waals surface area contributed by atoms with Crippen molar-refractivity contribution in [1.82, 2.24) is 0 Å². The lowest BCUT2D eigenvalue weighted by molar-refractivity contribution is -0.660. The Balaban J connectivity index is 1.56. The Hall–Kier alpha value is -4.11. The highest BCUT2D eigenvalue weighted by Gasteiger charge is 2.29. The van der Waals surface area contributed by atoms with E-state index >= 15 is 0 Å². The standard InChI is InChI=1S/C34H30NO2/c1-21-10-13-26-28-18-24(30-9-7-15-36-30)17-27(22-11-12-23-19-34(2,3)20-25(23)16-22)32(28)37-33(26)31(21)29-8-5-6-14-35(29)4/h5-18H,19-20H2,1-4H3/q+1/i19D2,20D2. The number of nitrogens with zero attached hydrogens (tertiary/aromatic N) is 1. The minimum atomic E-state index is -1.86. The van der Waals surface area contributed by atoms with Gasteiger partial charge in [0.25, 0.3) is 0 Å². The minimum absolute atomic E-state index is 0.380. The lowest BCUT2D eigenvalue weighted by atomic mass is 9.90. The first-order valence-electron chi connectivity index (χ1n) is 14.6. The number of hydrogen-bond donors (Lipinski definition) is 0. The summed E-state index contributed by atoms with van der Waals surface area (Å²) in [5.74, 6) is 0.721. The molecule has 3 nitrogen and oxygen atoms in total. The number of rotatable bonds is 3. The van der Waals surface area contributed by atoms with Gasteiger partial charge in [0.2, 0.25) is 5.69 Å². The number of fused-ring (bicyclic) bond motifs is 4. The zero-order valence-electron chi connectivity index (χ0n) is 25.3. The molecule has 3 heteroatoms. The van der Waals surface area contributed by atoms with Crippen molar-refractivity contribution in [3.63, 3.8) is 0 Å². The second-order valence-corrected chi connectivity index (χ2v) is 10.4. The Kier molecular flexibility index (Phi) is 3.90. The third-order valence-electron chi connectivity index (χ3n) is 7.29. The van der Waals surface area contributed by atoms with Gasteiger partial charge < -0.3 is 8.83 Å². The Bertz CT molecular complexity index is 2000. The minimum Gasteiger partial charge on any atom is -0.464 e. The van der Waals surface area contributed by atoms with Crippen molar-refractivity contribution < 1.29 is 18.9 Å². The average molecular weight is 489 g/mol. The molecule has 1 aliphatic carbocycles. The van der Waals surface area contributed by atoms with E-state index in [2.05, 4.69) is 35.8 Å². The van der Waals surface area contributed by atoms with Gasteiger partial charge in [-0.3, -0.25) is 0 Å². The molecule has 3 aromatic carbocycles. The summed E-state index contributed by atoms with van der Waals surface area (Å²) < 4.78 is 50.1. The van der Waals surface area contributed by atoms with Crippen LogP contribution in [0.1, 0.15) is 36.0 Å². The summed E-state index contributed by atoms with van der Waals surface area (Å²) in [5, 5.41) is 1.91. The fraction of sp³-hybridized carbons (Fsp3) is 0.206. The highest BCUT2D eigenvalue weighted by molar-refractivity contribution is 6.14. The second-order valence-electron chi connectivity index (χ2n) is 10.4. The van der Waals surface area contributed by atoms with E-state index in [1.54, 1.807) is 32.2 Å². The normalized spacial score (nSPS) is 18.8. The summed E-state index contributed by atoms with van der Waals surface area (Å²) in [5.41, 5.74) is 6.63. The molecule has 1 aliphatic rings. The molecule has 3 heterocycles. The van der Waals surface area contributed by atoms with Crippen LogP contribution in [0.3, 0.4) is 0 Å². The third-order valence-corrected chi connectivity index (χ3v) is 7.29. The summed E-state index contributed by atoms with van der Waals surface area (Å²) in [6.45, 7) is 5.41. The van der Waals surface area contributed by atoms with E-state index in [0.29, 0.717) is 16.7 Å². The smallest absolute Gasteiger partial charge is 0.216 e. The summed E-state index contributed by atoms with van der Waals surface area (Å²) in [6.07, 6.45) is -0.000515. The molecule has 6 aromatic rings. The van der Waals surface area contributed by atoms with E-state index in [1.807, 2.05) is 49.6 Å². The number of hydrogen-bond acceptors (Lipinski definition) is 2. The maximum atomic E-state index is 8.95. The molecule has 0 atom stereocenters. The van der Waals surface area contributed by atoms with Crippen molar-refractivity contribution in [3.8, 4) is 33.7 Å². The highest BCUT2D eigenvalue weighted by Crippen LogP contribution is 2.44. The number of benzene rings is 3. The van der Waals surface area contributed by atoms with E-state index < -0.39 is 18.2 Å². The molecule has 0 bridgehead atoms. The zero-order valence-corrected chi connectivity index (χ0v) is 21.3. The van der Waals surface area contributed by atoms with Crippen molar-refractivity contribution in [2.75, 3.05) is 0 Å². The molecule has 0 radical (unpaired) electrons. The van der Waals surface area contributed by atoms with Gasteiger partial charge in [0.15, 0.2) is 6.20 Å². The highest BCUT2D eigenvalue weighted by atomic mass is 16.3. The molecule has 0 amide bonds. The molecule has 0 saturated carbocycles. The number of pyridine rings is 1. The summed E-state index contributed by atoms with van der Waals surface area (Å²) >= 11 is 0. The van der Waals surface area contributed by atoms with Crippen LogP contribution in [0.15, 0.2) is 94.1 Å². The fourth-order valence-electron chi connectivity index (χ4n) is 5.57. The van der Waals surface area contributed by atoms with Crippen LogP contribution in [-0.4, -0.2) is 0 Å². The molecule has 0 saturated heterocycles. The van der Waals surface area contributed by atoms with Crippen molar-refractivity contribution in [3.05, 3.63) is 102 Å². The molecule has 3 aromatic heterocycles. The van der Waals surface area contributed by atoms with Crippen LogP contribution in [0.25, 0.3) is 55.6 Å². The average Bonchev–Trinajstić information content (AvgIpc) is 3.63. The number of aromatic nitrogens is 1. The van der Waals surface area contributed by atoms with Crippen LogP contribution in [0, 0.1) is 12.3 Å². The quantitative estimate of drug-likeness (QED) is 0.234. The van der Waals surface area contributed by atoms with E-state index in [0.717, 1.165) is 55.6 Å². The molecular weight excluding hydrogens is 454 g/mol. The largest absolute Gasteiger partial charge is 0.464 e. The summed E-state index contributed by atoms with van der Waals surface area (Å²) in [6, 6.07) is 23.6. The van der Waals surface area contributed by atoms with E-state index in [9.17, 15) is 0 Å². The van der Waals surface area contributed by atoms with Gasteiger partial charge >= 0.3 is 0 Å². The van der Waals surface area contributed by atoms with E-state index in [4.69, 9.17) is 14.3 Å². The van der Waals surface area contributed by atoms with Crippen LogP contribution in [0.4, 0.5) is 0 Å². The molecule has 0 N–H and O–H groups in total. The van der Waals surface area contributed by atoms with Gasteiger partial charge in [0.1, 0.15) is 24.0 Å². The van der Waals surface area contributed by atoms with Gasteiger partial charge in [-0.15, -0.1) is 0 Å². The van der Waals surface area contributed by atoms with Gasteiger partial charge in [-0.25, -0.2) is 4.57 Å². The van der Waals surface area contributed by atoms with Crippen molar-refractivity contribution >= 4 is 21.9 Å². The van der Waals surface area contributed by atoms with Crippen molar-refractivity contribution in [2.24, 2.45) is 12.5 Å². The van der Waals surface area contributed by atoms with Crippen molar-refractivity contribution in [2.45, 2.75) is 33.5 Å². The number of aryl methyl sites for hydroxylation is 2. The third kappa shape index (κ3) is 3.53. The van der Waals surface area contributed by atoms with Gasteiger partial charge in [-0.1, -0.05) is 44.2 Å². The molecular formula is C34H30NO2+. The lowest BCUT2D eigenvalue weighted by Crippen LogP contribution is -2.30. The Labute approximate surface area is 222 Å². The van der Waals surface area contributed by atoms with Crippen LogP contribution in [0.2, 0.25) is 0 Å². The summed E-state index contributed by atoms with van der Waals surface area (Å²) in [4.78, 5) is 0. The second kappa shape index (κ2) is 7.94. The topological polar surface area (TPSA) is 30.2 Å². The fourth-order valence-corrected chi connectivity index (χ4v) is 5.57. The summed E-state index contributed by atoms with van der Waals surface area (Å²) in [7, 11) is 2.02. The monoisotopic (exact) mass is 488 g/mol. The Morgan fingerprint density at radius 2 is 1.70 bits per heavy atom. The Morgan fingerprint density at radius 1 is 0.838 bits per heavy atom. The van der Waals surface area contributed by atoms with Gasteiger partial charge in [-0.05, 0) is 77.7 Å². The van der Waals surface area contributed by atoms with Crippen LogP contribution < -0.4 is 4.57 Å². The van der Waals surface area contributed by atoms with Gasteiger partial charge in [-0.2, -0.15) is 0 Å².